The van der Waals surface area contributed by atoms with Gasteiger partial charge < -0.3 is 4.74 Å². The fraction of sp³-hybridized carbons (Fsp3) is 0.571. The number of rotatable bonds is 2. The molecule has 0 aromatic rings. The molecule has 3 heteroatoms. The Morgan fingerprint density at radius 3 is 2.70 bits per heavy atom. The highest BCUT2D eigenvalue weighted by Gasteiger charge is 2.21. The minimum atomic E-state index is -0.378. The monoisotopic (exact) mass is 160 g/mol. The molecule has 0 aromatic carbocycles. The van der Waals surface area contributed by atoms with Crippen molar-refractivity contribution in [1.82, 2.24) is 0 Å². The lowest BCUT2D eigenvalue weighted by Gasteiger charge is -1.97. The van der Waals surface area contributed by atoms with Gasteiger partial charge in [-0.1, -0.05) is 11.6 Å². The minimum absolute atomic E-state index is 0.293. The van der Waals surface area contributed by atoms with Gasteiger partial charge in [-0.25, -0.2) is 4.79 Å². The van der Waals surface area contributed by atoms with Gasteiger partial charge in [-0.15, -0.1) is 0 Å². The van der Waals surface area contributed by atoms with Gasteiger partial charge in [-0.3, -0.25) is 0 Å². The number of esters is 1. The third-order valence-electron chi connectivity index (χ3n) is 1.27. The predicted molar refractivity (Wildman–Crippen MR) is 38.7 cm³/mol. The van der Waals surface area contributed by atoms with Crippen LogP contribution >= 0.6 is 11.6 Å². The number of carbonyl (C=O) groups excluding carboxylic acids is 1. The van der Waals surface area contributed by atoms with Crippen LogP contribution in [0.5, 0.6) is 0 Å². The van der Waals surface area contributed by atoms with E-state index in [1.54, 1.807) is 6.92 Å². The second-order valence-electron chi connectivity index (χ2n) is 2.14. The van der Waals surface area contributed by atoms with Gasteiger partial charge in [-0.05, 0) is 25.3 Å². The zero-order valence-corrected chi connectivity index (χ0v) is 6.57. The summed E-state index contributed by atoms with van der Waals surface area (Å²) in [5.41, 5.74) is 1.03. The summed E-state index contributed by atoms with van der Waals surface area (Å²) in [4.78, 5) is 10.8. The fourth-order valence-electron chi connectivity index (χ4n) is 0.621. The van der Waals surface area contributed by atoms with Gasteiger partial charge in [0.1, 0.15) is 5.03 Å². The molecule has 0 atom stereocenters. The standard InChI is InChI=1S/C7H9ClO2/c1-2-10-7(9)6(8)5-3-4-5/h2-4H2,1H3. The lowest BCUT2D eigenvalue weighted by atomic mass is 10.5. The van der Waals surface area contributed by atoms with Crippen molar-refractivity contribution in [3.63, 3.8) is 0 Å². The predicted octanol–water partition coefficient (Wildman–Crippen LogP) is 1.84. The average Bonchev–Trinajstić information content (AvgIpc) is 2.68. The zero-order chi connectivity index (χ0) is 7.56. The first-order valence-corrected chi connectivity index (χ1v) is 3.68. The molecule has 1 fully saturated rings. The second kappa shape index (κ2) is 3.06. The van der Waals surface area contributed by atoms with Gasteiger partial charge in [-0.2, -0.15) is 0 Å². The van der Waals surface area contributed by atoms with Gasteiger partial charge in [0.05, 0.1) is 6.61 Å². The SMILES string of the molecule is CCOC(=O)C(Cl)=C1CC1. The van der Waals surface area contributed by atoms with Gasteiger partial charge >= 0.3 is 5.97 Å². The fourth-order valence-corrected chi connectivity index (χ4v) is 0.864. The smallest absolute Gasteiger partial charge is 0.349 e. The van der Waals surface area contributed by atoms with Gasteiger partial charge in [0, 0.05) is 0 Å². The molecule has 56 valence electrons. The first-order chi connectivity index (χ1) is 4.75. The van der Waals surface area contributed by atoms with Crippen LogP contribution in [-0.2, 0) is 9.53 Å². The van der Waals surface area contributed by atoms with E-state index in [4.69, 9.17) is 11.6 Å². The number of allylic oxidation sites excluding steroid dienone is 1. The number of carbonyl (C=O) groups is 1. The summed E-state index contributed by atoms with van der Waals surface area (Å²) in [6.45, 7) is 2.15. The highest BCUT2D eigenvalue weighted by molar-refractivity contribution is 6.41. The number of halogens is 1. The maximum atomic E-state index is 10.8. The van der Waals surface area contributed by atoms with Crippen LogP contribution in [0, 0.1) is 0 Å². The summed E-state index contributed by atoms with van der Waals surface area (Å²) in [6.07, 6.45) is 1.91. The van der Waals surface area contributed by atoms with Crippen LogP contribution in [0.3, 0.4) is 0 Å². The largest absolute Gasteiger partial charge is 0.462 e. The van der Waals surface area contributed by atoms with Crippen LogP contribution in [0.2, 0.25) is 0 Å². The molecule has 0 amide bonds. The van der Waals surface area contributed by atoms with Crippen molar-refractivity contribution in [2.45, 2.75) is 19.8 Å². The molecular weight excluding hydrogens is 152 g/mol. The molecule has 0 aliphatic heterocycles. The van der Waals surface area contributed by atoms with Crippen molar-refractivity contribution in [2.24, 2.45) is 0 Å². The molecule has 1 saturated carbocycles. The molecule has 0 radical (unpaired) electrons. The topological polar surface area (TPSA) is 26.3 Å². The molecule has 0 aromatic heterocycles. The Hall–Kier alpha value is -0.500. The first-order valence-electron chi connectivity index (χ1n) is 3.30. The average molecular weight is 161 g/mol. The quantitative estimate of drug-likeness (QED) is 0.455. The van der Waals surface area contributed by atoms with Crippen molar-refractivity contribution in [1.29, 1.82) is 0 Å². The molecule has 0 saturated heterocycles. The van der Waals surface area contributed by atoms with Crippen molar-refractivity contribution in [2.75, 3.05) is 6.61 Å². The van der Waals surface area contributed by atoms with Crippen LogP contribution in [0.4, 0.5) is 0 Å². The summed E-state index contributed by atoms with van der Waals surface area (Å²) < 4.78 is 4.68. The Bertz CT molecular complexity index is 178. The summed E-state index contributed by atoms with van der Waals surface area (Å²) in [5.74, 6) is -0.378. The van der Waals surface area contributed by atoms with Gasteiger partial charge in [0.25, 0.3) is 0 Å². The second-order valence-corrected chi connectivity index (χ2v) is 2.52. The Kier molecular flexibility index (Phi) is 2.33. The lowest BCUT2D eigenvalue weighted by Crippen LogP contribution is -2.03. The molecule has 1 aliphatic rings. The van der Waals surface area contributed by atoms with E-state index in [-0.39, 0.29) is 5.97 Å². The molecule has 10 heavy (non-hydrogen) atoms. The van der Waals surface area contributed by atoms with E-state index in [0.717, 1.165) is 18.4 Å². The molecule has 0 bridgehead atoms. The van der Waals surface area contributed by atoms with Crippen LogP contribution in [0.1, 0.15) is 19.8 Å². The highest BCUT2D eigenvalue weighted by Crippen LogP contribution is 2.33. The van der Waals surface area contributed by atoms with Crippen molar-refractivity contribution in [3.05, 3.63) is 10.6 Å². The number of hydrogen-bond donors (Lipinski definition) is 0. The third kappa shape index (κ3) is 1.74. The molecule has 0 spiro atoms. The van der Waals surface area contributed by atoms with E-state index in [9.17, 15) is 4.79 Å². The maximum Gasteiger partial charge on any atom is 0.349 e. The molecule has 1 rings (SSSR count). The Morgan fingerprint density at radius 2 is 2.30 bits per heavy atom. The van der Waals surface area contributed by atoms with E-state index >= 15 is 0 Å². The van der Waals surface area contributed by atoms with E-state index in [2.05, 4.69) is 4.74 Å². The molecule has 0 heterocycles. The van der Waals surface area contributed by atoms with Gasteiger partial charge in [0.2, 0.25) is 0 Å². The lowest BCUT2D eigenvalue weighted by molar-refractivity contribution is -0.137. The van der Waals surface area contributed by atoms with E-state index in [0.29, 0.717) is 11.6 Å². The van der Waals surface area contributed by atoms with Crippen molar-refractivity contribution in [3.8, 4) is 0 Å². The molecule has 1 aliphatic carbocycles. The zero-order valence-electron chi connectivity index (χ0n) is 5.82. The summed E-state index contributed by atoms with van der Waals surface area (Å²) in [5, 5.41) is 0.293. The Balaban J connectivity index is 2.48. The Morgan fingerprint density at radius 1 is 1.70 bits per heavy atom. The van der Waals surface area contributed by atoms with Gasteiger partial charge in [0.15, 0.2) is 0 Å². The molecule has 0 N–H and O–H groups in total. The summed E-state index contributed by atoms with van der Waals surface area (Å²) in [7, 11) is 0. The highest BCUT2D eigenvalue weighted by atomic mass is 35.5. The Labute approximate surface area is 64.8 Å². The number of ether oxygens (including phenoxy) is 1. The van der Waals surface area contributed by atoms with Crippen LogP contribution in [0.15, 0.2) is 10.6 Å². The van der Waals surface area contributed by atoms with Crippen LogP contribution in [0.25, 0.3) is 0 Å². The third-order valence-corrected chi connectivity index (χ3v) is 1.69. The molecule has 2 nitrogen and oxygen atoms in total. The molecular formula is C7H9ClO2. The summed E-state index contributed by atoms with van der Waals surface area (Å²) in [6, 6.07) is 0. The van der Waals surface area contributed by atoms with Crippen LogP contribution in [-0.4, -0.2) is 12.6 Å². The van der Waals surface area contributed by atoms with E-state index in [1.807, 2.05) is 0 Å². The minimum Gasteiger partial charge on any atom is -0.462 e. The molecule has 0 unspecified atom stereocenters. The van der Waals surface area contributed by atoms with Crippen molar-refractivity contribution >= 4 is 17.6 Å². The summed E-state index contributed by atoms with van der Waals surface area (Å²) >= 11 is 5.61. The number of hydrogen-bond acceptors (Lipinski definition) is 2. The van der Waals surface area contributed by atoms with Crippen LogP contribution < -0.4 is 0 Å². The van der Waals surface area contributed by atoms with E-state index < -0.39 is 0 Å². The normalized spacial score (nSPS) is 14.8. The van der Waals surface area contributed by atoms with E-state index in [1.165, 1.54) is 0 Å². The first kappa shape index (κ1) is 7.61. The van der Waals surface area contributed by atoms with Crippen molar-refractivity contribution < 1.29 is 9.53 Å². The maximum absolute atomic E-state index is 10.8.